The van der Waals surface area contributed by atoms with E-state index in [-0.39, 0.29) is 17.3 Å². The summed E-state index contributed by atoms with van der Waals surface area (Å²) >= 11 is 0. The molecule has 0 spiro atoms. The van der Waals surface area contributed by atoms with Crippen molar-refractivity contribution in [1.82, 2.24) is 4.31 Å². The molecule has 0 saturated carbocycles. The number of ether oxygens (including phenoxy) is 2. The van der Waals surface area contributed by atoms with E-state index in [1.165, 1.54) is 23.5 Å². The van der Waals surface area contributed by atoms with Gasteiger partial charge in [-0.05, 0) is 54.8 Å². The van der Waals surface area contributed by atoms with E-state index in [1.54, 1.807) is 19.2 Å². The maximum atomic E-state index is 13.0. The lowest BCUT2D eigenvalue weighted by Gasteiger charge is -2.31. The van der Waals surface area contributed by atoms with Crippen LogP contribution >= 0.6 is 0 Å². The quantitative estimate of drug-likeness (QED) is 0.747. The van der Waals surface area contributed by atoms with Gasteiger partial charge in [-0.25, -0.2) is 8.42 Å². The summed E-state index contributed by atoms with van der Waals surface area (Å²) in [5.74, 6) is 0.0209. The molecule has 1 aliphatic heterocycles. The molecule has 1 N–H and O–H groups in total. The van der Waals surface area contributed by atoms with Crippen LogP contribution in [0.25, 0.3) is 0 Å². The number of hydrogen-bond acceptors (Lipinski definition) is 5. The largest absolute Gasteiger partial charge is 0.497 e. The van der Waals surface area contributed by atoms with Crippen LogP contribution in [-0.4, -0.2) is 45.9 Å². The maximum absolute atomic E-state index is 13.0. The molecule has 0 aliphatic carbocycles. The first-order chi connectivity index (χ1) is 13.9. The smallest absolute Gasteiger partial charge is 0.243 e. The van der Waals surface area contributed by atoms with Crippen molar-refractivity contribution < 1.29 is 22.7 Å². The fraction of sp³-hybridized carbons (Fsp3) is 0.381. The van der Waals surface area contributed by atoms with Crippen molar-refractivity contribution in [3.8, 4) is 5.75 Å². The fourth-order valence-corrected chi connectivity index (χ4v) is 4.95. The average Bonchev–Trinajstić information content (AvgIpc) is 2.74. The summed E-state index contributed by atoms with van der Waals surface area (Å²) in [4.78, 5) is 12.9. The molecule has 3 rings (SSSR count). The van der Waals surface area contributed by atoms with Gasteiger partial charge in [0, 0.05) is 25.9 Å². The zero-order chi connectivity index (χ0) is 20.9. The second kappa shape index (κ2) is 9.39. The number of benzene rings is 2. The highest BCUT2D eigenvalue weighted by molar-refractivity contribution is 7.89. The Kier molecular flexibility index (Phi) is 6.89. The van der Waals surface area contributed by atoms with Crippen LogP contribution in [0.4, 0.5) is 5.69 Å². The third-order valence-corrected chi connectivity index (χ3v) is 6.84. The zero-order valence-electron chi connectivity index (χ0n) is 16.6. The molecule has 0 bridgehead atoms. The lowest BCUT2D eigenvalue weighted by atomic mass is 9.98. The first-order valence-corrected chi connectivity index (χ1v) is 10.9. The molecule has 156 valence electrons. The minimum Gasteiger partial charge on any atom is -0.497 e. The van der Waals surface area contributed by atoms with Crippen LogP contribution in [0.5, 0.6) is 5.75 Å². The Balaban J connectivity index is 1.69. The highest BCUT2D eigenvalue weighted by Crippen LogP contribution is 2.26. The van der Waals surface area contributed by atoms with Gasteiger partial charge in [0.1, 0.15) is 5.75 Å². The molecular weight excluding hydrogens is 392 g/mol. The molecule has 1 heterocycles. The number of amides is 1. The summed E-state index contributed by atoms with van der Waals surface area (Å²) in [5, 5.41) is 2.90. The number of nitrogens with one attached hydrogen (secondary N) is 1. The molecule has 29 heavy (non-hydrogen) atoms. The lowest BCUT2D eigenvalue weighted by Crippen LogP contribution is -2.43. The van der Waals surface area contributed by atoms with Gasteiger partial charge < -0.3 is 14.8 Å². The third kappa shape index (κ3) is 5.14. The maximum Gasteiger partial charge on any atom is 0.243 e. The Morgan fingerprint density at radius 1 is 1.17 bits per heavy atom. The number of nitrogens with zero attached hydrogens (tertiary/aromatic N) is 1. The van der Waals surface area contributed by atoms with Gasteiger partial charge in [0.05, 0.1) is 24.5 Å². The predicted molar refractivity (Wildman–Crippen MR) is 110 cm³/mol. The summed E-state index contributed by atoms with van der Waals surface area (Å²) in [6.45, 7) is 1.03. The molecule has 0 aromatic heterocycles. The monoisotopic (exact) mass is 418 g/mol. The van der Waals surface area contributed by atoms with Gasteiger partial charge in [-0.15, -0.1) is 0 Å². The van der Waals surface area contributed by atoms with E-state index < -0.39 is 15.9 Å². The Morgan fingerprint density at radius 2 is 1.93 bits per heavy atom. The van der Waals surface area contributed by atoms with E-state index in [2.05, 4.69) is 5.32 Å². The van der Waals surface area contributed by atoms with Crippen molar-refractivity contribution in [2.24, 2.45) is 5.92 Å². The lowest BCUT2D eigenvalue weighted by molar-refractivity contribution is -0.120. The molecule has 7 nitrogen and oxygen atoms in total. The van der Waals surface area contributed by atoms with E-state index in [4.69, 9.17) is 9.47 Å². The number of anilines is 1. The second-order valence-corrected chi connectivity index (χ2v) is 8.94. The van der Waals surface area contributed by atoms with E-state index in [0.29, 0.717) is 37.4 Å². The van der Waals surface area contributed by atoms with Crippen molar-refractivity contribution in [3.63, 3.8) is 0 Å². The van der Waals surface area contributed by atoms with Gasteiger partial charge in [0.2, 0.25) is 15.9 Å². The van der Waals surface area contributed by atoms with Crippen LogP contribution in [0.1, 0.15) is 18.4 Å². The first-order valence-electron chi connectivity index (χ1n) is 9.47. The second-order valence-electron chi connectivity index (χ2n) is 7.00. The number of piperidine rings is 1. The molecule has 0 unspecified atom stereocenters. The Labute approximate surface area is 171 Å². The summed E-state index contributed by atoms with van der Waals surface area (Å²) in [5.41, 5.74) is 1.64. The summed E-state index contributed by atoms with van der Waals surface area (Å²) in [6, 6.07) is 13.7. The number of carbonyl (C=O) groups is 1. The van der Waals surface area contributed by atoms with Crippen molar-refractivity contribution in [2.45, 2.75) is 24.3 Å². The van der Waals surface area contributed by atoms with Gasteiger partial charge >= 0.3 is 0 Å². The van der Waals surface area contributed by atoms with Gasteiger partial charge in [0.25, 0.3) is 0 Å². The zero-order valence-corrected chi connectivity index (χ0v) is 17.4. The van der Waals surface area contributed by atoms with Crippen molar-refractivity contribution in [3.05, 3.63) is 54.1 Å². The normalized spacial score (nSPS) is 17.7. The standard InChI is InChI=1S/C21H26N2O5S/c1-27-15-16-5-3-7-18(13-16)22-21(24)17-6-4-12-23(14-17)29(25,26)20-10-8-19(28-2)9-11-20/h3,5,7-11,13,17H,4,6,12,14-15H2,1-2H3,(H,22,24)/t17-/m0/s1. The summed E-state index contributed by atoms with van der Waals surface area (Å²) in [6.07, 6.45) is 1.29. The average molecular weight is 419 g/mol. The van der Waals surface area contributed by atoms with Crippen molar-refractivity contribution >= 4 is 21.6 Å². The number of hydrogen-bond donors (Lipinski definition) is 1. The topological polar surface area (TPSA) is 84.9 Å². The van der Waals surface area contributed by atoms with Crippen LogP contribution in [0.3, 0.4) is 0 Å². The molecule has 1 amide bonds. The van der Waals surface area contributed by atoms with Crippen LogP contribution in [0, 0.1) is 5.92 Å². The van der Waals surface area contributed by atoms with E-state index in [9.17, 15) is 13.2 Å². The molecule has 1 atom stereocenters. The number of rotatable bonds is 7. The van der Waals surface area contributed by atoms with Crippen molar-refractivity contribution in [2.75, 3.05) is 32.6 Å². The van der Waals surface area contributed by atoms with Gasteiger partial charge in [-0.2, -0.15) is 4.31 Å². The van der Waals surface area contributed by atoms with Crippen molar-refractivity contribution in [1.29, 1.82) is 0 Å². The Hall–Kier alpha value is -2.42. The summed E-state index contributed by atoms with van der Waals surface area (Å²) in [7, 11) is -0.513. The molecule has 1 fully saturated rings. The number of sulfonamides is 1. The molecule has 1 saturated heterocycles. The number of methoxy groups -OCH3 is 2. The van der Waals surface area contributed by atoms with Crippen LogP contribution in [0.2, 0.25) is 0 Å². The van der Waals surface area contributed by atoms with Crippen LogP contribution in [0.15, 0.2) is 53.4 Å². The minimum absolute atomic E-state index is 0.165. The molecule has 8 heteroatoms. The highest BCUT2D eigenvalue weighted by atomic mass is 32.2. The molecular formula is C21H26N2O5S. The van der Waals surface area contributed by atoms with Gasteiger partial charge in [0.15, 0.2) is 0 Å². The Morgan fingerprint density at radius 3 is 2.62 bits per heavy atom. The fourth-order valence-electron chi connectivity index (χ4n) is 3.42. The molecule has 0 radical (unpaired) electrons. The predicted octanol–water partition coefficient (Wildman–Crippen LogP) is 2.88. The van der Waals surface area contributed by atoms with Crippen LogP contribution < -0.4 is 10.1 Å². The van der Waals surface area contributed by atoms with E-state index in [1.807, 2.05) is 24.3 Å². The van der Waals surface area contributed by atoms with E-state index in [0.717, 1.165) is 5.56 Å². The Bertz CT molecular complexity index is 944. The SMILES string of the molecule is COCc1cccc(NC(=O)[C@H]2CCCN(S(=O)(=O)c3ccc(OC)cc3)C2)c1. The first kappa shape index (κ1) is 21.3. The number of carbonyl (C=O) groups excluding carboxylic acids is 1. The van der Waals surface area contributed by atoms with Gasteiger partial charge in [-0.3, -0.25) is 4.79 Å². The van der Waals surface area contributed by atoms with Crippen LogP contribution in [-0.2, 0) is 26.2 Å². The molecule has 2 aromatic rings. The summed E-state index contributed by atoms with van der Waals surface area (Å²) < 4.78 is 37.5. The third-order valence-electron chi connectivity index (χ3n) is 4.96. The molecule has 2 aromatic carbocycles. The van der Waals surface area contributed by atoms with Gasteiger partial charge in [-0.1, -0.05) is 12.1 Å². The minimum atomic E-state index is -3.66. The van der Waals surface area contributed by atoms with E-state index >= 15 is 0 Å². The highest BCUT2D eigenvalue weighted by Gasteiger charge is 2.33. The molecule has 1 aliphatic rings.